The van der Waals surface area contributed by atoms with E-state index in [0.29, 0.717) is 0 Å². The number of carboxylic acids is 2. The lowest BCUT2D eigenvalue weighted by atomic mass is 10.1. The molecule has 4 N–H and O–H groups in total. The molecule has 0 bridgehead atoms. The minimum absolute atomic E-state index is 2.06. The summed E-state index contributed by atoms with van der Waals surface area (Å²) in [4.78, 5) is 19.5. The van der Waals surface area contributed by atoms with Crippen molar-refractivity contribution in [3.8, 4) is 0 Å². The molecule has 0 fully saturated rings. The Morgan fingerprint density at radius 3 is 1.82 bits per heavy atom. The third-order valence-corrected chi connectivity index (χ3v) is 0.942. The Morgan fingerprint density at radius 1 is 1.36 bits per heavy atom. The van der Waals surface area contributed by atoms with E-state index in [-0.39, 0.29) is 0 Å². The van der Waals surface area contributed by atoms with Gasteiger partial charge in [-0.15, -0.1) is 0 Å². The lowest BCUT2D eigenvalue weighted by Crippen LogP contribution is -2.51. The number of alkyl halides is 2. The number of carbonyl (C=O) groups is 2. The van der Waals surface area contributed by atoms with Crippen molar-refractivity contribution in [2.45, 2.75) is 12.0 Å². The summed E-state index contributed by atoms with van der Waals surface area (Å²) >= 11 is 0. The molecule has 0 aliphatic heterocycles. The van der Waals surface area contributed by atoms with Crippen molar-refractivity contribution in [2.24, 2.45) is 5.73 Å². The summed E-state index contributed by atoms with van der Waals surface area (Å²) in [7, 11) is 0. The number of halogens is 2. The average molecular weight is 169 g/mol. The summed E-state index contributed by atoms with van der Waals surface area (Å²) in [5.74, 6) is -9.03. The first-order chi connectivity index (χ1) is 4.80. The molecule has 0 aromatic rings. The highest BCUT2D eigenvalue weighted by molar-refractivity contribution is 5.86. The summed E-state index contributed by atoms with van der Waals surface area (Å²) < 4.78 is 24.2. The van der Waals surface area contributed by atoms with Gasteiger partial charge in [-0.1, -0.05) is 0 Å². The quantitative estimate of drug-likeness (QED) is 0.509. The zero-order chi connectivity index (χ0) is 9.23. The van der Waals surface area contributed by atoms with Crippen LogP contribution in [0.3, 0.4) is 0 Å². The molecular weight excluding hydrogens is 164 g/mol. The van der Waals surface area contributed by atoms with Gasteiger partial charge in [-0.25, -0.2) is 4.79 Å². The second-order valence-corrected chi connectivity index (χ2v) is 1.74. The second kappa shape index (κ2) is 2.79. The van der Waals surface area contributed by atoms with Gasteiger partial charge in [-0.3, -0.25) is 4.79 Å². The van der Waals surface area contributed by atoms with E-state index in [1.165, 1.54) is 0 Å². The Kier molecular flexibility index (Phi) is 2.47. The molecule has 0 saturated heterocycles. The fourth-order valence-corrected chi connectivity index (χ4v) is 0.288. The van der Waals surface area contributed by atoms with Crippen molar-refractivity contribution in [3.05, 3.63) is 0 Å². The minimum Gasteiger partial charge on any atom is -0.480 e. The molecule has 7 heteroatoms. The monoisotopic (exact) mass is 169 g/mol. The van der Waals surface area contributed by atoms with Gasteiger partial charge in [0.25, 0.3) is 0 Å². The number of nitrogens with two attached hydrogens (primary N) is 1. The van der Waals surface area contributed by atoms with Gasteiger partial charge in [-0.2, -0.15) is 8.78 Å². The molecule has 0 aliphatic rings. The van der Waals surface area contributed by atoms with Crippen LogP contribution in [0.15, 0.2) is 0 Å². The van der Waals surface area contributed by atoms with E-state index in [1.807, 2.05) is 0 Å². The SMILES string of the molecule is NC(C(=O)O)C(F)(F)C(=O)O. The molecule has 1 atom stereocenters. The molecule has 0 heterocycles. The van der Waals surface area contributed by atoms with Crippen LogP contribution in [-0.2, 0) is 9.59 Å². The van der Waals surface area contributed by atoms with E-state index in [4.69, 9.17) is 10.2 Å². The molecule has 0 aliphatic carbocycles. The first-order valence-corrected chi connectivity index (χ1v) is 2.39. The van der Waals surface area contributed by atoms with Crippen LogP contribution in [0.1, 0.15) is 0 Å². The van der Waals surface area contributed by atoms with E-state index in [9.17, 15) is 18.4 Å². The molecule has 11 heavy (non-hydrogen) atoms. The number of carboxylic acid groups (broad SMARTS) is 2. The molecule has 0 aromatic heterocycles. The second-order valence-electron chi connectivity index (χ2n) is 1.74. The molecule has 64 valence electrons. The highest BCUT2D eigenvalue weighted by Crippen LogP contribution is 2.17. The van der Waals surface area contributed by atoms with Crippen molar-refractivity contribution >= 4 is 11.9 Å². The normalized spacial score (nSPS) is 14.1. The predicted molar refractivity (Wildman–Crippen MR) is 28.2 cm³/mol. The maximum absolute atomic E-state index is 12.1. The lowest BCUT2D eigenvalue weighted by Gasteiger charge is -2.14. The van der Waals surface area contributed by atoms with Crippen molar-refractivity contribution < 1.29 is 28.6 Å². The fourth-order valence-electron chi connectivity index (χ4n) is 0.288. The summed E-state index contributed by atoms with van der Waals surface area (Å²) in [6.45, 7) is 0. The van der Waals surface area contributed by atoms with Gasteiger partial charge in [0, 0.05) is 0 Å². The Labute approximate surface area is 59.4 Å². The summed E-state index contributed by atoms with van der Waals surface area (Å²) in [6, 6.07) is -2.71. The number of aliphatic carboxylic acids is 2. The van der Waals surface area contributed by atoms with Gasteiger partial charge in [-0.05, 0) is 0 Å². The van der Waals surface area contributed by atoms with Crippen molar-refractivity contribution in [1.82, 2.24) is 0 Å². The molecule has 0 spiro atoms. The highest BCUT2D eigenvalue weighted by Gasteiger charge is 2.49. The van der Waals surface area contributed by atoms with Crippen LogP contribution in [0.4, 0.5) is 8.78 Å². The zero-order valence-electron chi connectivity index (χ0n) is 5.12. The van der Waals surface area contributed by atoms with Gasteiger partial charge >= 0.3 is 17.9 Å². The summed E-state index contributed by atoms with van der Waals surface area (Å²) in [5, 5.41) is 15.7. The standard InChI is InChI=1S/C4H5F2NO4/c5-4(6,3(10)11)1(7)2(8)9/h1H,7H2,(H,8,9)(H,10,11). The van der Waals surface area contributed by atoms with Crippen molar-refractivity contribution in [3.63, 3.8) is 0 Å². The van der Waals surface area contributed by atoms with E-state index < -0.39 is 23.9 Å². The third-order valence-electron chi connectivity index (χ3n) is 0.942. The molecule has 0 rings (SSSR count). The smallest absolute Gasteiger partial charge is 0.376 e. The molecule has 0 aromatic carbocycles. The van der Waals surface area contributed by atoms with Gasteiger partial charge in [0.2, 0.25) is 0 Å². The minimum atomic E-state index is -4.42. The van der Waals surface area contributed by atoms with Crippen LogP contribution < -0.4 is 5.73 Å². The number of hydrogen-bond donors (Lipinski definition) is 3. The Morgan fingerprint density at radius 2 is 1.73 bits per heavy atom. The molecule has 1 unspecified atom stereocenters. The third kappa shape index (κ3) is 1.84. The highest BCUT2D eigenvalue weighted by atomic mass is 19.3. The van der Waals surface area contributed by atoms with Gasteiger partial charge < -0.3 is 15.9 Å². The van der Waals surface area contributed by atoms with Crippen LogP contribution in [0.2, 0.25) is 0 Å². The summed E-state index contributed by atoms with van der Waals surface area (Å²) in [5.41, 5.74) is 4.36. The van der Waals surface area contributed by atoms with Gasteiger partial charge in [0.05, 0.1) is 0 Å². The number of rotatable bonds is 3. The largest absolute Gasteiger partial charge is 0.480 e. The van der Waals surface area contributed by atoms with E-state index >= 15 is 0 Å². The van der Waals surface area contributed by atoms with Crippen molar-refractivity contribution in [2.75, 3.05) is 0 Å². The molecular formula is C4H5F2NO4. The zero-order valence-corrected chi connectivity index (χ0v) is 5.12. The molecule has 0 amide bonds. The van der Waals surface area contributed by atoms with Crippen LogP contribution in [-0.4, -0.2) is 34.1 Å². The van der Waals surface area contributed by atoms with E-state index in [1.54, 1.807) is 0 Å². The molecule has 0 saturated carbocycles. The van der Waals surface area contributed by atoms with Crippen LogP contribution >= 0.6 is 0 Å². The van der Waals surface area contributed by atoms with E-state index in [2.05, 4.69) is 5.73 Å². The van der Waals surface area contributed by atoms with Crippen LogP contribution in [0, 0.1) is 0 Å². The average Bonchev–Trinajstić information content (AvgIpc) is 1.85. The van der Waals surface area contributed by atoms with Gasteiger partial charge in [0.1, 0.15) is 0 Å². The van der Waals surface area contributed by atoms with Crippen LogP contribution in [0.5, 0.6) is 0 Å². The number of hydrogen-bond acceptors (Lipinski definition) is 3. The maximum atomic E-state index is 12.1. The van der Waals surface area contributed by atoms with Crippen molar-refractivity contribution in [1.29, 1.82) is 0 Å². The Bertz CT molecular complexity index is 193. The first-order valence-electron chi connectivity index (χ1n) is 2.39. The fraction of sp³-hybridized carbons (Fsp3) is 0.500. The van der Waals surface area contributed by atoms with Gasteiger partial charge in [0.15, 0.2) is 6.04 Å². The summed E-state index contributed by atoms with van der Waals surface area (Å²) in [6.07, 6.45) is 0. The predicted octanol–water partition coefficient (Wildman–Crippen LogP) is -0.882. The Hall–Kier alpha value is -1.24. The topological polar surface area (TPSA) is 101 Å². The molecule has 5 nitrogen and oxygen atoms in total. The van der Waals surface area contributed by atoms with Crippen LogP contribution in [0.25, 0.3) is 0 Å². The molecule has 0 radical (unpaired) electrons. The van der Waals surface area contributed by atoms with E-state index in [0.717, 1.165) is 0 Å². The first kappa shape index (κ1) is 9.76. The lowest BCUT2D eigenvalue weighted by molar-refractivity contribution is -0.174. The Balaban J connectivity index is 4.55. The maximum Gasteiger partial charge on any atom is 0.376 e.